The molecule has 1 aliphatic heterocycles. The summed E-state index contributed by atoms with van der Waals surface area (Å²) in [7, 11) is -8.95. The van der Waals surface area contributed by atoms with Gasteiger partial charge in [0.25, 0.3) is 20.0 Å². The van der Waals surface area contributed by atoms with Crippen molar-refractivity contribution in [2.45, 2.75) is 46.9 Å². The minimum absolute atomic E-state index is 0.0219. The lowest BCUT2D eigenvalue weighted by Gasteiger charge is -2.42. The molecule has 2 aliphatic rings. The van der Waals surface area contributed by atoms with E-state index in [1.54, 1.807) is 0 Å². The maximum Gasteiger partial charge on any atom is 0.256 e. The lowest BCUT2D eigenvalue weighted by molar-refractivity contribution is 0.329. The fourth-order valence-corrected chi connectivity index (χ4v) is 9.84. The third-order valence-electron chi connectivity index (χ3n) is 7.44. The Hall–Kier alpha value is -1.88. The van der Waals surface area contributed by atoms with Crippen molar-refractivity contribution in [3.8, 4) is 0 Å². The van der Waals surface area contributed by atoms with Crippen LogP contribution in [0.4, 0.5) is 5.69 Å². The number of hydrogen-bond donors (Lipinski definition) is 1. The van der Waals surface area contributed by atoms with E-state index < -0.39 is 25.5 Å². The van der Waals surface area contributed by atoms with Crippen LogP contribution in [0.1, 0.15) is 31.2 Å². The first-order chi connectivity index (χ1) is 18.0. The zero-order chi connectivity index (χ0) is 27.3. The fourth-order valence-electron chi connectivity index (χ4n) is 5.58. The fraction of sp³-hybridized carbons (Fsp3) is 0.259. The number of nitrogens with zero attached hydrogens (tertiary/aromatic N) is 1. The molecule has 0 aromatic heterocycles. The van der Waals surface area contributed by atoms with Crippen molar-refractivity contribution in [2.75, 3.05) is 11.9 Å². The van der Waals surface area contributed by atoms with Crippen LogP contribution in [0.3, 0.4) is 0 Å². The van der Waals surface area contributed by atoms with E-state index in [0.717, 1.165) is 40.6 Å². The Morgan fingerprint density at radius 3 is 2.03 bits per heavy atom. The molecule has 0 bridgehead atoms. The van der Waals surface area contributed by atoms with Gasteiger partial charge in [0, 0.05) is 38.2 Å². The van der Waals surface area contributed by atoms with Gasteiger partial charge >= 0.3 is 0 Å². The topological polar surface area (TPSA) is 83.6 Å². The van der Waals surface area contributed by atoms with Gasteiger partial charge in [-0.2, -0.15) is 0 Å². The van der Waals surface area contributed by atoms with E-state index in [1.165, 1.54) is 48.5 Å². The van der Waals surface area contributed by atoms with Gasteiger partial charge in [-0.3, -0.25) is 0 Å². The van der Waals surface area contributed by atoms with E-state index in [2.05, 4.69) is 27.8 Å². The van der Waals surface area contributed by atoms with Crippen molar-refractivity contribution >= 4 is 64.9 Å². The van der Waals surface area contributed by atoms with E-state index in [1.807, 2.05) is 18.2 Å². The third kappa shape index (κ3) is 4.71. The summed E-state index contributed by atoms with van der Waals surface area (Å²) in [5.74, 6) is 0. The van der Waals surface area contributed by atoms with Gasteiger partial charge in [0.15, 0.2) is 0 Å². The molecule has 0 amide bonds. The van der Waals surface area contributed by atoms with Gasteiger partial charge in [0.1, 0.15) is 0 Å². The van der Waals surface area contributed by atoms with Gasteiger partial charge < -0.3 is 5.32 Å². The normalized spacial score (nSPS) is 21.2. The standard InChI is InChI=1S/C27H25BrCl2N2O4S2/c1-18-3-2-4-26-27(18,24-17-19(28)5-14-25(24)31-26)15-16-32(37(33,34)22-10-6-20(29)7-11-22)38(35,36)23-12-8-21(30)9-13-23/h5-14,17,26,31H,1-4,15-16H2/t26-,27-/m0/s1. The summed E-state index contributed by atoms with van der Waals surface area (Å²) in [6.07, 6.45) is 2.81. The number of fused-ring (bicyclic) bond motifs is 3. The van der Waals surface area contributed by atoms with Gasteiger partial charge in [-0.25, -0.2) is 16.8 Å². The highest BCUT2D eigenvalue weighted by Gasteiger charge is 2.51. The van der Waals surface area contributed by atoms with E-state index in [9.17, 15) is 16.8 Å². The van der Waals surface area contributed by atoms with Crippen LogP contribution in [0.5, 0.6) is 0 Å². The van der Waals surface area contributed by atoms with Gasteiger partial charge in [-0.15, -0.1) is 0 Å². The molecule has 1 heterocycles. The number of sulfonamides is 2. The smallest absolute Gasteiger partial charge is 0.256 e. The molecular formula is C27H25BrCl2N2O4S2. The maximum absolute atomic E-state index is 13.9. The molecule has 3 aromatic carbocycles. The molecule has 0 saturated heterocycles. The van der Waals surface area contributed by atoms with E-state index in [0.29, 0.717) is 13.8 Å². The monoisotopic (exact) mass is 654 g/mol. The summed E-state index contributed by atoms with van der Waals surface area (Å²) in [6.45, 7) is 4.11. The molecule has 11 heteroatoms. The second kappa shape index (κ2) is 10.3. The van der Waals surface area contributed by atoms with Crippen LogP contribution in [0.15, 0.2) is 93.1 Å². The SMILES string of the molecule is C=C1CCC[C@@H]2Nc3ccc(Br)cc3[C@]12CCN(S(=O)(=O)c1ccc(Cl)cc1)S(=O)(=O)c1ccc(Cl)cc1. The highest BCUT2D eigenvalue weighted by atomic mass is 79.9. The molecule has 1 aliphatic carbocycles. The summed E-state index contributed by atoms with van der Waals surface area (Å²) in [5.41, 5.74) is 2.29. The summed E-state index contributed by atoms with van der Waals surface area (Å²) < 4.78 is 57.1. The second-order valence-corrected chi connectivity index (χ2v) is 15.3. The van der Waals surface area contributed by atoms with Crippen LogP contribution in [0.25, 0.3) is 0 Å². The molecule has 6 nitrogen and oxygen atoms in total. The first-order valence-electron chi connectivity index (χ1n) is 12.0. The number of anilines is 1. The first-order valence-corrected chi connectivity index (χ1v) is 16.4. The summed E-state index contributed by atoms with van der Waals surface area (Å²) >= 11 is 15.5. The first kappa shape index (κ1) is 27.7. The Morgan fingerprint density at radius 1 is 0.921 bits per heavy atom. The zero-order valence-electron chi connectivity index (χ0n) is 20.2. The minimum atomic E-state index is -4.48. The van der Waals surface area contributed by atoms with Crippen molar-refractivity contribution in [3.63, 3.8) is 0 Å². The average Bonchev–Trinajstić information content (AvgIpc) is 3.19. The number of hydrogen-bond acceptors (Lipinski definition) is 5. The van der Waals surface area contributed by atoms with Crippen LogP contribution >= 0.6 is 39.1 Å². The zero-order valence-corrected chi connectivity index (χ0v) is 24.9. The molecule has 2 atom stereocenters. The Labute approximate surface area is 241 Å². The maximum atomic E-state index is 13.9. The third-order valence-corrected chi connectivity index (χ3v) is 12.8. The molecule has 5 rings (SSSR count). The van der Waals surface area contributed by atoms with E-state index in [-0.39, 0.29) is 28.8 Å². The highest BCUT2D eigenvalue weighted by Crippen LogP contribution is 2.54. The van der Waals surface area contributed by atoms with Crippen LogP contribution in [-0.4, -0.2) is 33.1 Å². The molecule has 1 N–H and O–H groups in total. The molecule has 3 aromatic rings. The molecule has 0 unspecified atom stereocenters. The summed E-state index contributed by atoms with van der Waals surface area (Å²) in [6, 6.07) is 16.9. The van der Waals surface area contributed by atoms with Gasteiger partial charge in [0.2, 0.25) is 0 Å². The molecule has 0 radical (unpaired) electrons. The van der Waals surface area contributed by atoms with E-state index in [4.69, 9.17) is 23.2 Å². The Morgan fingerprint density at radius 2 is 1.47 bits per heavy atom. The molecule has 0 spiro atoms. The largest absolute Gasteiger partial charge is 0.381 e. The number of benzene rings is 3. The van der Waals surface area contributed by atoms with Crippen LogP contribution < -0.4 is 5.32 Å². The van der Waals surface area contributed by atoms with E-state index >= 15 is 0 Å². The Kier molecular flexibility index (Phi) is 7.47. The van der Waals surface area contributed by atoms with Gasteiger partial charge in [-0.1, -0.05) is 55.0 Å². The summed E-state index contributed by atoms with van der Waals surface area (Å²) in [5, 5.41) is 4.27. The van der Waals surface area contributed by atoms with Crippen LogP contribution in [0.2, 0.25) is 10.0 Å². The molecule has 1 saturated carbocycles. The average molecular weight is 656 g/mol. The minimum Gasteiger partial charge on any atom is -0.381 e. The Balaban J connectivity index is 1.62. The van der Waals surface area contributed by atoms with Crippen LogP contribution in [-0.2, 0) is 25.5 Å². The molecular weight excluding hydrogens is 631 g/mol. The highest BCUT2D eigenvalue weighted by molar-refractivity contribution is 9.10. The van der Waals surface area contributed by atoms with Gasteiger partial charge in [0.05, 0.1) is 9.79 Å². The lowest BCUT2D eigenvalue weighted by atomic mass is 9.63. The van der Waals surface area contributed by atoms with Crippen LogP contribution in [0, 0.1) is 0 Å². The molecule has 38 heavy (non-hydrogen) atoms. The molecule has 1 fully saturated rings. The number of halogens is 3. The van der Waals surface area contributed by atoms with Crippen molar-refractivity contribution in [1.29, 1.82) is 0 Å². The molecule has 200 valence electrons. The lowest BCUT2D eigenvalue weighted by Crippen LogP contribution is -2.47. The Bertz CT molecular complexity index is 1540. The number of nitrogens with one attached hydrogen (secondary N) is 1. The van der Waals surface area contributed by atoms with Crippen molar-refractivity contribution in [1.82, 2.24) is 3.71 Å². The quantitative estimate of drug-likeness (QED) is 0.277. The predicted molar refractivity (Wildman–Crippen MR) is 155 cm³/mol. The number of rotatable bonds is 7. The van der Waals surface area contributed by atoms with Crippen molar-refractivity contribution in [3.05, 3.63) is 99.0 Å². The van der Waals surface area contributed by atoms with Crippen molar-refractivity contribution < 1.29 is 16.8 Å². The van der Waals surface area contributed by atoms with Crippen molar-refractivity contribution in [2.24, 2.45) is 0 Å². The predicted octanol–water partition coefficient (Wildman–Crippen LogP) is 7.00. The second-order valence-electron chi connectivity index (χ2n) is 9.52. The van der Waals surface area contributed by atoms with Gasteiger partial charge in [-0.05, 0) is 98.0 Å². The summed E-state index contributed by atoms with van der Waals surface area (Å²) in [4.78, 5) is -0.327.